The highest BCUT2D eigenvalue weighted by Crippen LogP contribution is 2.38. The lowest BCUT2D eigenvalue weighted by atomic mass is 9.89. The zero-order valence-electron chi connectivity index (χ0n) is 10.4. The first-order chi connectivity index (χ1) is 7.77. The third-order valence-corrected chi connectivity index (χ3v) is 4.61. The van der Waals surface area contributed by atoms with Crippen LogP contribution in [0.5, 0.6) is 0 Å². The van der Waals surface area contributed by atoms with Gasteiger partial charge in [-0.3, -0.25) is 4.90 Å². The van der Waals surface area contributed by atoms with E-state index in [2.05, 4.69) is 11.8 Å². The highest BCUT2D eigenvalue weighted by molar-refractivity contribution is 4.94. The molecule has 3 heteroatoms. The first kappa shape index (κ1) is 12.3. The van der Waals surface area contributed by atoms with E-state index >= 15 is 0 Å². The smallest absolute Gasteiger partial charge is 0.0602 e. The summed E-state index contributed by atoms with van der Waals surface area (Å²) in [5, 5.41) is 9.58. The Balaban J connectivity index is 2.05. The lowest BCUT2D eigenvalue weighted by Gasteiger charge is -2.44. The molecule has 0 aromatic heterocycles. The van der Waals surface area contributed by atoms with Crippen molar-refractivity contribution >= 4 is 0 Å². The van der Waals surface area contributed by atoms with Crippen molar-refractivity contribution in [3.63, 3.8) is 0 Å². The molecule has 0 aromatic carbocycles. The number of aliphatic hydroxyl groups excluding tert-OH is 1. The molecule has 1 aliphatic carbocycles. The van der Waals surface area contributed by atoms with Gasteiger partial charge in [0.25, 0.3) is 0 Å². The standard InChI is InChI=1S/C13H26N2O/c1-2-11(14)13(9-16)15-8-4-6-10-5-3-7-12(10)15/h10-13,16H,2-9,14H2,1H3. The van der Waals surface area contributed by atoms with Crippen LogP contribution >= 0.6 is 0 Å². The van der Waals surface area contributed by atoms with Crippen LogP contribution in [0.25, 0.3) is 0 Å². The molecule has 16 heavy (non-hydrogen) atoms. The number of aliphatic hydroxyl groups is 1. The van der Waals surface area contributed by atoms with E-state index in [1.54, 1.807) is 0 Å². The molecule has 4 unspecified atom stereocenters. The molecule has 0 spiro atoms. The van der Waals surface area contributed by atoms with Crippen molar-refractivity contribution < 1.29 is 5.11 Å². The van der Waals surface area contributed by atoms with Gasteiger partial charge < -0.3 is 10.8 Å². The van der Waals surface area contributed by atoms with Gasteiger partial charge in [-0.2, -0.15) is 0 Å². The van der Waals surface area contributed by atoms with Crippen LogP contribution in [0.15, 0.2) is 0 Å². The number of hydrogen-bond donors (Lipinski definition) is 2. The molecule has 2 rings (SSSR count). The molecule has 0 amide bonds. The van der Waals surface area contributed by atoms with E-state index in [1.807, 2.05) is 0 Å². The molecular weight excluding hydrogens is 200 g/mol. The average Bonchev–Trinajstić information content (AvgIpc) is 2.78. The van der Waals surface area contributed by atoms with Crippen molar-refractivity contribution in [2.45, 2.75) is 63.6 Å². The van der Waals surface area contributed by atoms with Crippen LogP contribution in [0.3, 0.4) is 0 Å². The van der Waals surface area contributed by atoms with Gasteiger partial charge in [0.2, 0.25) is 0 Å². The summed E-state index contributed by atoms with van der Waals surface area (Å²) in [7, 11) is 0. The monoisotopic (exact) mass is 226 g/mol. The summed E-state index contributed by atoms with van der Waals surface area (Å²) in [4.78, 5) is 2.52. The summed E-state index contributed by atoms with van der Waals surface area (Å²) in [5.74, 6) is 0.881. The summed E-state index contributed by atoms with van der Waals surface area (Å²) in [6, 6.07) is 1.03. The Labute approximate surface area is 99.0 Å². The number of rotatable bonds is 4. The van der Waals surface area contributed by atoms with Gasteiger partial charge in [0.1, 0.15) is 0 Å². The van der Waals surface area contributed by atoms with Gasteiger partial charge in [-0.15, -0.1) is 0 Å². The summed E-state index contributed by atoms with van der Waals surface area (Å²) >= 11 is 0. The quantitative estimate of drug-likeness (QED) is 0.761. The molecule has 0 bridgehead atoms. The van der Waals surface area contributed by atoms with Crippen LogP contribution < -0.4 is 5.73 Å². The second-order valence-electron chi connectivity index (χ2n) is 5.46. The summed E-state index contributed by atoms with van der Waals surface area (Å²) < 4.78 is 0. The van der Waals surface area contributed by atoms with E-state index in [0.29, 0.717) is 6.04 Å². The molecule has 1 aliphatic heterocycles. The minimum atomic E-state index is 0.129. The molecule has 3 nitrogen and oxygen atoms in total. The maximum Gasteiger partial charge on any atom is 0.0602 e. The molecule has 1 heterocycles. The van der Waals surface area contributed by atoms with Crippen molar-refractivity contribution in [3.8, 4) is 0 Å². The highest BCUT2D eigenvalue weighted by atomic mass is 16.3. The van der Waals surface area contributed by atoms with Crippen LogP contribution in [-0.4, -0.2) is 41.3 Å². The Bertz CT molecular complexity index is 222. The lowest BCUT2D eigenvalue weighted by molar-refractivity contribution is 0.0251. The Hall–Kier alpha value is -0.120. The van der Waals surface area contributed by atoms with E-state index in [4.69, 9.17) is 5.73 Å². The largest absolute Gasteiger partial charge is 0.395 e. The van der Waals surface area contributed by atoms with Crippen molar-refractivity contribution in [1.82, 2.24) is 4.90 Å². The van der Waals surface area contributed by atoms with E-state index in [1.165, 1.54) is 32.1 Å². The number of nitrogens with zero attached hydrogens (tertiary/aromatic N) is 1. The van der Waals surface area contributed by atoms with Gasteiger partial charge in [0.05, 0.1) is 6.61 Å². The topological polar surface area (TPSA) is 49.5 Å². The predicted octanol–water partition coefficient (Wildman–Crippen LogP) is 1.35. The first-order valence-electron chi connectivity index (χ1n) is 6.90. The van der Waals surface area contributed by atoms with E-state index in [9.17, 15) is 5.11 Å². The molecule has 2 aliphatic rings. The normalized spacial score (nSPS) is 34.7. The minimum Gasteiger partial charge on any atom is -0.395 e. The fourth-order valence-corrected chi connectivity index (χ4v) is 3.66. The van der Waals surface area contributed by atoms with Gasteiger partial charge in [-0.25, -0.2) is 0 Å². The van der Waals surface area contributed by atoms with Crippen molar-refractivity contribution in [1.29, 1.82) is 0 Å². The second-order valence-corrected chi connectivity index (χ2v) is 5.46. The number of hydrogen-bond acceptors (Lipinski definition) is 3. The summed E-state index contributed by atoms with van der Waals surface area (Å²) in [5.41, 5.74) is 6.14. The minimum absolute atomic E-state index is 0.129. The van der Waals surface area contributed by atoms with Gasteiger partial charge in [-0.1, -0.05) is 13.3 Å². The lowest BCUT2D eigenvalue weighted by Crippen LogP contribution is -2.56. The van der Waals surface area contributed by atoms with E-state index in [-0.39, 0.29) is 18.7 Å². The molecule has 1 saturated heterocycles. The SMILES string of the molecule is CCC(N)C(CO)N1CCCC2CCCC21. The molecule has 4 atom stereocenters. The molecule has 3 N–H and O–H groups in total. The first-order valence-corrected chi connectivity index (χ1v) is 6.90. The van der Waals surface area contributed by atoms with Crippen LogP contribution in [0.4, 0.5) is 0 Å². The third-order valence-electron chi connectivity index (χ3n) is 4.61. The maximum absolute atomic E-state index is 9.58. The number of nitrogens with two attached hydrogens (primary N) is 1. The number of fused-ring (bicyclic) bond motifs is 1. The Kier molecular flexibility index (Phi) is 4.22. The van der Waals surface area contributed by atoms with Crippen LogP contribution in [0, 0.1) is 5.92 Å². The summed E-state index contributed by atoms with van der Waals surface area (Å²) in [6.07, 6.45) is 7.71. The van der Waals surface area contributed by atoms with Crippen LogP contribution in [-0.2, 0) is 0 Å². The van der Waals surface area contributed by atoms with E-state index in [0.717, 1.165) is 18.9 Å². The second kappa shape index (κ2) is 5.48. The molecule has 1 saturated carbocycles. The van der Waals surface area contributed by atoms with Gasteiger partial charge >= 0.3 is 0 Å². The fraction of sp³-hybridized carbons (Fsp3) is 1.00. The third kappa shape index (κ3) is 2.27. The fourth-order valence-electron chi connectivity index (χ4n) is 3.66. The Morgan fingerprint density at radius 2 is 2.06 bits per heavy atom. The van der Waals surface area contributed by atoms with Gasteiger partial charge in [-0.05, 0) is 44.6 Å². The van der Waals surface area contributed by atoms with Crippen molar-refractivity contribution in [2.24, 2.45) is 11.7 Å². The number of piperidine rings is 1. The Morgan fingerprint density at radius 3 is 2.75 bits per heavy atom. The molecule has 94 valence electrons. The molecule has 2 fully saturated rings. The van der Waals surface area contributed by atoms with Gasteiger partial charge in [0, 0.05) is 18.1 Å². The highest BCUT2D eigenvalue weighted by Gasteiger charge is 2.39. The number of likely N-dealkylation sites (tertiary alicyclic amines) is 1. The van der Waals surface area contributed by atoms with Crippen LogP contribution in [0.2, 0.25) is 0 Å². The van der Waals surface area contributed by atoms with Crippen LogP contribution in [0.1, 0.15) is 45.4 Å². The zero-order chi connectivity index (χ0) is 11.5. The average molecular weight is 226 g/mol. The van der Waals surface area contributed by atoms with E-state index < -0.39 is 0 Å². The molecule has 0 radical (unpaired) electrons. The predicted molar refractivity (Wildman–Crippen MR) is 66.2 cm³/mol. The van der Waals surface area contributed by atoms with Gasteiger partial charge in [0.15, 0.2) is 0 Å². The zero-order valence-corrected chi connectivity index (χ0v) is 10.4. The maximum atomic E-state index is 9.58. The summed E-state index contributed by atoms with van der Waals surface area (Å²) in [6.45, 7) is 3.47. The Morgan fingerprint density at radius 1 is 1.31 bits per heavy atom. The van der Waals surface area contributed by atoms with Crippen molar-refractivity contribution in [3.05, 3.63) is 0 Å². The van der Waals surface area contributed by atoms with Crippen molar-refractivity contribution in [2.75, 3.05) is 13.2 Å². The molecular formula is C13H26N2O. The molecule has 0 aromatic rings.